The van der Waals surface area contributed by atoms with Gasteiger partial charge >= 0.3 is 5.97 Å². The topological polar surface area (TPSA) is 92.7 Å². The Balaban J connectivity index is 2.34. The Morgan fingerprint density at radius 1 is 1.35 bits per heavy atom. The number of sulfone groups is 1. The number of hydrogen-bond donors (Lipinski definition) is 2. The highest BCUT2D eigenvalue weighted by molar-refractivity contribution is 7.92. The van der Waals surface area contributed by atoms with Crippen LogP contribution < -0.4 is 5.32 Å². The summed E-state index contributed by atoms with van der Waals surface area (Å²) in [6.45, 7) is -0.0299. The molecule has 1 aliphatic heterocycles. The van der Waals surface area contributed by atoms with Gasteiger partial charge in [0, 0.05) is 6.04 Å². The maximum Gasteiger partial charge on any atom is 0.329 e. The summed E-state index contributed by atoms with van der Waals surface area (Å²) in [5, 5.41) is 12.2. The molecule has 0 aromatic heterocycles. The molecule has 6 nitrogen and oxygen atoms in total. The van der Waals surface area contributed by atoms with Crippen LogP contribution in [0.15, 0.2) is 23.1 Å². The van der Waals surface area contributed by atoms with Crippen LogP contribution in [0.2, 0.25) is 10.0 Å². The van der Waals surface area contributed by atoms with Crippen LogP contribution in [0, 0.1) is 0 Å². The minimum atomic E-state index is -3.93. The fourth-order valence-electron chi connectivity index (χ4n) is 2.47. The number of hydrogen-bond acceptors (Lipinski definition) is 5. The van der Waals surface area contributed by atoms with Crippen LogP contribution in [0.1, 0.15) is 19.3 Å². The number of carbonyl (C=O) groups is 1. The molecule has 1 heterocycles. The molecule has 9 heteroatoms. The van der Waals surface area contributed by atoms with Crippen molar-refractivity contribution in [2.24, 2.45) is 0 Å². The third kappa shape index (κ3) is 4.58. The molecule has 1 aromatic carbocycles. The second-order valence-corrected chi connectivity index (χ2v) is 8.09. The van der Waals surface area contributed by atoms with E-state index in [1.165, 1.54) is 18.2 Å². The molecule has 0 radical (unpaired) electrons. The molecular formula is C14H17Cl2NO5S. The van der Waals surface area contributed by atoms with E-state index in [9.17, 15) is 13.2 Å². The molecule has 2 unspecified atom stereocenters. The predicted octanol–water partition coefficient (Wildman–Crippen LogP) is 2.34. The van der Waals surface area contributed by atoms with E-state index in [0.717, 1.165) is 12.8 Å². The summed E-state index contributed by atoms with van der Waals surface area (Å²) in [4.78, 5) is 10.7. The van der Waals surface area contributed by atoms with Crippen molar-refractivity contribution < 1.29 is 23.1 Å². The molecule has 0 aliphatic carbocycles. The van der Waals surface area contributed by atoms with Gasteiger partial charge in [-0.1, -0.05) is 29.6 Å². The van der Waals surface area contributed by atoms with E-state index >= 15 is 0 Å². The lowest BCUT2D eigenvalue weighted by atomic mass is 10.1. The molecule has 1 aromatic rings. The zero-order chi connectivity index (χ0) is 17.0. The Hall–Kier alpha value is -0.860. The Labute approximate surface area is 144 Å². The van der Waals surface area contributed by atoms with Crippen molar-refractivity contribution >= 4 is 39.0 Å². The summed E-state index contributed by atoms with van der Waals surface area (Å²) in [5.41, 5.74) is -1.30. The van der Waals surface area contributed by atoms with Crippen LogP contribution >= 0.6 is 23.2 Å². The zero-order valence-corrected chi connectivity index (χ0v) is 14.5. The fraction of sp³-hybridized carbons (Fsp3) is 0.500. The number of benzene rings is 1. The molecule has 1 saturated heterocycles. The summed E-state index contributed by atoms with van der Waals surface area (Å²) in [5.74, 6) is -1.23. The second-order valence-electron chi connectivity index (χ2n) is 5.25. The molecule has 1 fully saturated rings. The molecule has 23 heavy (non-hydrogen) atoms. The quantitative estimate of drug-likeness (QED) is 0.785. The van der Waals surface area contributed by atoms with Gasteiger partial charge in [-0.15, -0.1) is 0 Å². The molecular weight excluding hydrogens is 365 g/mol. The summed E-state index contributed by atoms with van der Waals surface area (Å²) in [7, 11) is -3.93. The van der Waals surface area contributed by atoms with E-state index in [0.29, 0.717) is 13.0 Å². The van der Waals surface area contributed by atoms with Gasteiger partial charge in [0.25, 0.3) is 0 Å². The maximum absolute atomic E-state index is 12.8. The van der Waals surface area contributed by atoms with Crippen molar-refractivity contribution in [3.8, 4) is 0 Å². The van der Waals surface area contributed by atoms with E-state index in [1.54, 1.807) is 0 Å². The average molecular weight is 382 g/mol. The SMILES string of the molecule is O=C(O)COC(C1CCCCN1)S(=O)(=O)c1ccc(Cl)c(Cl)c1. The van der Waals surface area contributed by atoms with Crippen molar-refractivity contribution in [1.82, 2.24) is 5.32 Å². The van der Waals surface area contributed by atoms with Crippen molar-refractivity contribution in [1.29, 1.82) is 0 Å². The standard InChI is InChI=1S/C14H17Cl2NO5S/c15-10-5-4-9(7-11(10)16)23(20,21)14(22-8-13(18)19)12-3-1-2-6-17-12/h4-5,7,12,14,17H,1-3,6,8H2,(H,18,19). The summed E-state index contributed by atoms with van der Waals surface area (Å²) < 4.78 is 30.9. The van der Waals surface area contributed by atoms with Gasteiger partial charge in [-0.25, -0.2) is 13.2 Å². The first-order chi connectivity index (χ1) is 10.8. The van der Waals surface area contributed by atoms with Crippen molar-refractivity contribution in [3.63, 3.8) is 0 Å². The Morgan fingerprint density at radius 3 is 2.65 bits per heavy atom. The van der Waals surface area contributed by atoms with E-state index in [4.69, 9.17) is 33.0 Å². The maximum atomic E-state index is 12.8. The van der Waals surface area contributed by atoms with E-state index in [-0.39, 0.29) is 14.9 Å². The normalized spacial score (nSPS) is 20.2. The lowest BCUT2D eigenvalue weighted by molar-refractivity contribution is -0.143. The van der Waals surface area contributed by atoms with Crippen LogP contribution in [0.3, 0.4) is 0 Å². The number of nitrogens with one attached hydrogen (secondary N) is 1. The number of piperidine rings is 1. The molecule has 2 atom stereocenters. The van der Waals surface area contributed by atoms with Gasteiger partial charge < -0.3 is 15.2 Å². The van der Waals surface area contributed by atoms with Gasteiger partial charge in [-0.3, -0.25) is 0 Å². The predicted molar refractivity (Wildman–Crippen MR) is 86.7 cm³/mol. The summed E-state index contributed by atoms with van der Waals surface area (Å²) >= 11 is 11.7. The largest absolute Gasteiger partial charge is 0.480 e. The van der Waals surface area contributed by atoms with Gasteiger partial charge in [0.1, 0.15) is 6.61 Å². The highest BCUT2D eigenvalue weighted by Crippen LogP contribution is 2.29. The summed E-state index contributed by atoms with van der Waals surface area (Å²) in [6, 6.07) is 3.50. The number of carboxylic acids is 1. The fourth-order valence-corrected chi connectivity index (χ4v) is 4.56. The minimum Gasteiger partial charge on any atom is -0.480 e. The summed E-state index contributed by atoms with van der Waals surface area (Å²) in [6.07, 6.45) is 2.38. The molecule has 0 bridgehead atoms. The molecule has 2 N–H and O–H groups in total. The van der Waals surface area contributed by atoms with Gasteiger partial charge in [0.2, 0.25) is 9.84 Å². The molecule has 0 saturated carbocycles. The van der Waals surface area contributed by atoms with Gasteiger partial charge in [-0.2, -0.15) is 0 Å². The molecule has 0 spiro atoms. The number of halogens is 2. The Morgan fingerprint density at radius 2 is 2.09 bits per heavy atom. The highest BCUT2D eigenvalue weighted by Gasteiger charge is 2.37. The second kappa shape index (κ2) is 7.81. The third-order valence-electron chi connectivity index (χ3n) is 3.57. The van der Waals surface area contributed by atoms with Crippen LogP contribution in [0.5, 0.6) is 0 Å². The minimum absolute atomic E-state index is 0.0466. The lowest BCUT2D eigenvalue weighted by Gasteiger charge is -2.30. The smallest absolute Gasteiger partial charge is 0.329 e. The van der Waals surface area contributed by atoms with Crippen LogP contribution in [0.25, 0.3) is 0 Å². The first kappa shape index (κ1) is 18.5. The Kier molecular flexibility index (Phi) is 6.27. The van der Waals surface area contributed by atoms with Gasteiger partial charge in [0.05, 0.1) is 14.9 Å². The Bertz CT molecular complexity index is 674. The monoisotopic (exact) mass is 381 g/mol. The van der Waals surface area contributed by atoms with Crippen molar-refractivity contribution in [2.45, 2.75) is 35.6 Å². The van der Waals surface area contributed by atoms with Crippen molar-refractivity contribution in [2.75, 3.05) is 13.2 Å². The average Bonchev–Trinajstić information content (AvgIpc) is 2.50. The highest BCUT2D eigenvalue weighted by atomic mass is 35.5. The van der Waals surface area contributed by atoms with Gasteiger partial charge in [-0.05, 0) is 37.6 Å². The third-order valence-corrected chi connectivity index (χ3v) is 6.30. The van der Waals surface area contributed by atoms with Crippen LogP contribution in [-0.2, 0) is 19.4 Å². The molecule has 128 valence electrons. The first-order valence-electron chi connectivity index (χ1n) is 7.08. The number of rotatable bonds is 6. The van der Waals surface area contributed by atoms with E-state index in [1.807, 2.05) is 0 Å². The molecule has 0 amide bonds. The van der Waals surface area contributed by atoms with E-state index < -0.39 is 33.9 Å². The lowest BCUT2D eigenvalue weighted by Crippen LogP contribution is -2.48. The van der Waals surface area contributed by atoms with Crippen LogP contribution in [0.4, 0.5) is 0 Å². The zero-order valence-electron chi connectivity index (χ0n) is 12.2. The van der Waals surface area contributed by atoms with Gasteiger partial charge in [0.15, 0.2) is 5.44 Å². The first-order valence-corrected chi connectivity index (χ1v) is 9.38. The molecule has 2 rings (SSSR count). The molecule has 1 aliphatic rings. The van der Waals surface area contributed by atoms with E-state index in [2.05, 4.69) is 5.32 Å². The van der Waals surface area contributed by atoms with Crippen molar-refractivity contribution in [3.05, 3.63) is 28.2 Å². The number of ether oxygens (including phenoxy) is 1. The number of aliphatic carboxylic acids is 1. The number of carboxylic acid groups (broad SMARTS) is 1. The van der Waals surface area contributed by atoms with Crippen LogP contribution in [-0.4, -0.2) is 44.1 Å².